The molecule has 1 saturated carbocycles. The lowest BCUT2D eigenvalue weighted by atomic mass is 9.84. The predicted molar refractivity (Wildman–Crippen MR) is 91.6 cm³/mol. The molecule has 9 heteroatoms. The smallest absolute Gasteiger partial charge is 0.422 e. The highest BCUT2D eigenvalue weighted by Gasteiger charge is 2.30. The average Bonchev–Trinajstić information content (AvgIpc) is 2.67. The van der Waals surface area contributed by atoms with Crippen LogP contribution < -0.4 is 10.1 Å². The van der Waals surface area contributed by atoms with E-state index in [2.05, 4.69) is 20.5 Å². The summed E-state index contributed by atoms with van der Waals surface area (Å²) in [5.41, 5.74) is 1.28. The summed E-state index contributed by atoms with van der Waals surface area (Å²) in [7, 11) is 0. The number of alkyl halides is 3. The van der Waals surface area contributed by atoms with Crippen LogP contribution in [0.3, 0.4) is 0 Å². The van der Waals surface area contributed by atoms with Crippen LogP contribution in [0, 0.1) is 0 Å². The number of halogens is 3. The van der Waals surface area contributed by atoms with E-state index < -0.39 is 18.7 Å². The second kappa shape index (κ2) is 8.32. The number of nitrogens with zero attached hydrogens (tertiary/aromatic N) is 3. The molecule has 1 aliphatic rings. The van der Waals surface area contributed by atoms with Gasteiger partial charge in [-0.2, -0.15) is 23.4 Å². The van der Waals surface area contributed by atoms with Crippen molar-refractivity contribution in [2.24, 2.45) is 0 Å². The van der Waals surface area contributed by atoms with Crippen molar-refractivity contribution in [1.82, 2.24) is 15.2 Å². The number of nitrogens with one attached hydrogen (secondary N) is 1. The zero-order chi connectivity index (χ0) is 19.3. The number of aromatic nitrogens is 3. The van der Waals surface area contributed by atoms with Crippen molar-refractivity contribution in [1.29, 1.82) is 0 Å². The number of hydrogen-bond donors (Lipinski definition) is 1. The van der Waals surface area contributed by atoms with Gasteiger partial charge in [0.15, 0.2) is 6.61 Å². The standard InChI is InChI=1S/C18H19F3N4O2/c19-18(20,21)11-27-17-15(12-4-2-1-3-5-12)8-13(9-22-17)16(26)25-14-6-7-23-24-10-14/h6-10,12H,1-5,11H2,(H,23,25,26). The lowest BCUT2D eigenvalue weighted by molar-refractivity contribution is -0.154. The molecule has 3 rings (SSSR count). The summed E-state index contributed by atoms with van der Waals surface area (Å²) in [6.07, 6.45) is 4.36. The summed E-state index contributed by atoms with van der Waals surface area (Å²) >= 11 is 0. The van der Waals surface area contributed by atoms with Gasteiger partial charge in [-0.05, 0) is 30.9 Å². The Bertz CT molecular complexity index is 778. The third kappa shape index (κ3) is 5.38. The van der Waals surface area contributed by atoms with Gasteiger partial charge in [-0.25, -0.2) is 4.98 Å². The first-order chi connectivity index (χ1) is 12.9. The van der Waals surface area contributed by atoms with Crippen LogP contribution in [0.1, 0.15) is 53.9 Å². The molecule has 1 fully saturated rings. The van der Waals surface area contributed by atoms with Crippen LogP contribution in [-0.2, 0) is 0 Å². The summed E-state index contributed by atoms with van der Waals surface area (Å²) in [6, 6.07) is 3.17. The van der Waals surface area contributed by atoms with Crippen LogP contribution in [0.25, 0.3) is 0 Å². The third-order valence-corrected chi connectivity index (χ3v) is 4.40. The fraction of sp³-hybridized carbons (Fsp3) is 0.444. The molecule has 6 nitrogen and oxygen atoms in total. The second-order valence-corrected chi connectivity index (χ2v) is 6.44. The van der Waals surface area contributed by atoms with Crippen LogP contribution in [0.4, 0.5) is 18.9 Å². The number of pyridine rings is 1. The number of anilines is 1. The summed E-state index contributed by atoms with van der Waals surface area (Å²) in [5.74, 6) is -0.443. The fourth-order valence-corrected chi connectivity index (χ4v) is 3.14. The molecule has 2 aromatic heterocycles. The van der Waals surface area contributed by atoms with Crippen LogP contribution >= 0.6 is 0 Å². The van der Waals surface area contributed by atoms with E-state index in [4.69, 9.17) is 4.74 Å². The van der Waals surface area contributed by atoms with Gasteiger partial charge in [0.1, 0.15) is 0 Å². The fourth-order valence-electron chi connectivity index (χ4n) is 3.14. The van der Waals surface area contributed by atoms with Gasteiger partial charge in [-0.15, -0.1) is 0 Å². The normalized spacial score (nSPS) is 15.4. The second-order valence-electron chi connectivity index (χ2n) is 6.44. The Morgan fingerprint density at radius 2 is 1.96 bits per heavy atom. The van der Waals surface area contributed by atoms with Gasteiger partial charge >= 0.3 is 6.18 Å². The Kier molecular flexibility index (Phi) is 5.88. The monoisotopic (exact) mass is 380 g/mol. The molecule has 0 spiro atoms. The highest BCUT2D eigenvalue weighted by Crippen LogP contribution is 2.37. The van der Waals surface area contributed by atoms with Crippen molar-refractivity contribution >= 4 is 11.6 Å². The summed E-state index contributed by atoms with van der Waals surface area (Å²) in [6.45, 7) is -1.41. The summed E-state index contributed by atoms with van der Waals surface area (Å²) < 4.78 is 42.5. The van der Waals surface area contributed by atoms with Crippen LogP contribution in [0.2, 0.25) is 0 Å². The molecule has 0 radical (unpaired) electrons. The maximum Gasteiger partial charge on any atom is 0.422 e. The summed E-state index contributed by atoms with van der Waals surface area (Å²) in [5, 5.41) is 9.97. The third-order valence-electron chi connectivity index (χ3n) is 4.40. The average molecular weight is 380 g/mol. The molecule has 27 heavy (non-hydrogen) atoms. The number of hydrogen-bond acceptors (Lipinski definition) is 5. The van der Waals surface area contributed by atoms with Gasteiger partial charge in [0.25, 0.3) is 5.91 Å². The predicted octanol–water partition coefficient (Wildman–Crippen LogP) is 4.11. The molecule has 0 unspecified atom stereocenters. The van der Waals surface area contributed by atoms with E-state index in [1.807, 2.05) is 0 Å². The Morgan fingerprint density at radius 3 is 2.63 bits per heavy atom. The minimum atomic E-state index is -4.45. The van der Waals surface area contributed by atoms with Crippen molar-refractivity contribution in [2.45, 2.75) is 44.2 Å². The Morgan fingerprint density at radius 1 is 1.19 bits per heavy atom. The number of rotatable bonds is 5. The van der Waals surface area contributed by atoms with Gasteiger partial charge in [0, 0.05) is 11.8 Å². The Labute approximate surface area is 154 Å². The molecular weight excluding hydrogens is 361 g/mol. The van der Waals surface area contributed by atoms with E-state index in [9.17, 15) is 18.0 Å². The van der Waals surface area contributed by atoms with Crippen molar-refractivity contribution in [3.63, 3.8) is 0 Å². The van der Waals surface area contributed by atoms with E-state index >= 15 is 0 Å². The molecule has 1 amide bonds. The van der Waals surface area contributed by atoms with Gasteiger partial charge in [0.05, 0.1) is 23.6 Å². The maximum atomic E-state index is 12.5. The van der Waals surface area contributed by atoms with Gasteiger partial charge in [0.2, 0.25) is 5.88 Å². The summed E-state index contributed by atoms with van der Waals surface area (Å²) in [4.78, 5) is 16.5. The zero-order valence-corrected chi connectivity index (χ0v) is 14.5. The Balaban J connectivity index is 1.83. The first-order valence-electron chi connectivity index (χ1n) is 8.70. The van der Waals surface area contributed by atoms with Crippen LogP contribution in [-0.4, -0.2) is 33.9 Å². The van der Waals surface area contributed by atoms with E-state index in [0.29, 0.717) is 11.3 Å². The molecule has 0 bridgehead atoms. The topological polar surface area (TPSA) is 77.0 Å². The molecule has 0 saturated heterocycles. The molecule has 0 aromatic carbocycles. The molecule has 0 aliphatic heterocycles. The Hall–Kier alpha value is -2.71. The maximum absolute atomic E-state index is 12.5. The minimum Gasteiger partial charge on any atom is -0.468 e. The molecular formula is C18H19F3N4O2. The largest absolute Gasteiger partial charge is 0.468 e. The lowest BCUT2D eigenvalue weighted by Gasteiger charge is -2.24. The first kappa shape index (κ1) is 19.1. The highest BCUT2D eigenvalue weighted by molar-refractivity contribution is 6.04. The molecule has 1 aliphatic carbocycles. The highest BCUT2D eigenvalue weighted by atomic mass is 19.4. The number of carbonyl (C=O) groups excluding carboxylic acids is 1. The molecule has 2 heterocycles. The van der Waals surface area contributed by atoms with Crippen molar-refractivity contribution < 1.29 is 22.7 Å². The van der Waals surface area contributed by atoms with E-state index in [0.717, 1.165) is 32.1 Å². The molecule has 0 atom stereocenters. The van der Waals surface area contributed by atoms with Crippen molar-refractivity contribution in [3.8, 4) is 5.88 Å². The quantitative estimate of drug-likeness (QED) is 0.845. The van der Waals surface area contributed by atoms with E-state index in [1.54, 1.807) is 12.1 Å². The van der Waals surface area contributed by atoms with E-state index in [-0.39, 0.29) is 17.4 Å². The lowest BCUT2D eigenvalue weighted by Crippen LogP contribution is -2.21. The SMILES string of the molecule is O=C(Nc1ccnnc1)c1cnc(OCC(F)(F)F)c(C2CCCCC2)c1. The number of ether oxygens (including phenoxy) is 1. The van der Waals surface area contributed by atoms with Gasteiger partial charge in [-0.3, -0.25) is 4.79 Å². The zero-order valence-electron chi connectivity index (χ0n) is 14.5. The van der Waals surface area contributed by atoms with Crippen LogP contribution in [0.5, 0.6) is 5.88 Å². The molecule has 144 valence electrons. The van der Waals surface area contributed by atoms with Crippen LogP contribution in [0.15, 0.2) is 30.7 Å². The molecule has 2 aromatic rings. The van der Waals surface area contributed by atoms with Crippen molar-refractivity contribution in [3.05, 3.63) is 41.9 Å². The molecule has 1 N–H and O–H groups in total. The van der Waals surface area contributed by atoms with Crippen molar-refractivity contribution in [2.75, 3.05) is 11.9 Å². The van der Waals surface area contributed by atoms with Gasteiger partial charge in [-0.1, -0.05) is 19.3 Å². The van der Waals surface area contributed by atoms with E-state index in [1.165, 1.54) is 18.6 Å². The van der Waals surface area contributed by atoms with Gasteiger partial charge < -0.3 is 10.1 Å². The number of carbonyl (C=O) groups is 1. The first-order valence-corrected chi connectivity index (χ1v) is 8.70. The minimum absolute atomic E-state index is 0.0322. The number of amides is 1.